The fourth-order valence-corrected chi connectivity index (χ4v) is 8.07. The number of thiophene rings is 1. The number of nitrogens with zero attached hydrogens (tertiary/aromatic N) is 1. The van der Waals surface area contributed by atoms with Crippen molar-refractivity contribution in [2.45, 2.75) is 44.6 Å². The van der Waals surface area contributed by atoms with E-state index in [0.717, 1.165) is 21.7 Å². The fourth-order valence-electron chi connectivity index (χ4n) is 4.58. The summed E-state index contributed by atoms with van der Waals surface area (Å²) in [5.74, 6) is -0.931. The number of anilines is 1. The van der Waals surface area contributed by atoms with Crippen LogP contribution < -0.4 is 10.1 Å². The molecule has 12 heteroatoms. The van der Waals surface area contributed by atoms with E-state index in [-0.39, 0.29) is 41.7 Å². The largest absolute Gasteiger partial charge is 0.479 e. The average Bonchev–Trinajstić information content (AvgIpc) is 3.31. The van der Waals surface area contributed by atoms with Gasteiger partial charge in [0.05, 0.1) is 21.2 Å². The zero-order chi connectivity index (χ0) is 31.0. The molecule has 0 saturated carbocycles. The Hall–Kier alpha value is -3.19. The zero-order valence-electron chi connectivity index (χ0n) is 24.1. The third-order valence-corrected chi connectivity index (χ3v) is 10.6. The Morgan fingerprint density at radius 2 is 1.86 bits per heavy atom. The summed E-state index contributed by atoms with van der Waals surface area (Å²) in [5.41, 5.74) is 2.47. The maximum atomic E-state index is 12.9. The van der Waals surface area contributed by atoms with Crippen LogP contribution in [0.25, 0.3) is 10.4 Å². The summed E-state index contributed by atoms with van der Waals surface area (Å²) >= 11 is 4.78. The van der Waals surface area contributed by atoms with E-state index in [2.05, 4.69) is 27.8 Å². The van der Waals surface area contributed by atoms with Crippen LogP contribution in [0, 0.1) is 0 Å². The van der Waals surface area contributed by atoms with Gasteiger partial charge in [0.1, 0.15) is 6.61 Å². The van der Waals surface area contributed by atoms with Crippen molar-refractivity contribution in [3.63, 3.8) is 0 Å². The minimum Gasteiger partial charge on any atom is -0.479 e. The minimum atomic E-state index is -3.39. The van der Waals surface area contributed by atoms with Crippen LogP contribution >= 0.6 is 27.3 Å². The minimum absolute atomic E-state index is 0.00190. The van der Waals surface area contributed by atoms with Gasteiger partial charge in [-0.25, -0.2) is 22.3 Å². The summed E-state index contributed by atoms with van der Waals surface area (Å²) in [6, 6.07) is 17.1. The Bertz CT molecular complexity index is 1530. The SMILES string of the molecule is C=CCOC(=O)COc1c(C(=O)OC(C)C)sc(-c2cccc(NC3CCN(S(=O)(=O)Cc4ccccc4)CC3)c2)c1Br. The van der Waals surface area contributed by atoms with Crippen molar-refractivity contribution in [2.75, 3.05) is 31.6 Å². The van der Waals surface area contributed by atoms with Gasteiger partial charge in [-0.05, 0) is 65.9 Å². The van der Waals surface area contributed by atoms with Crippen molar-refractivity contribution in [3.8, 4) is 16.2 Å². The standard InChI is InChI=1S/C31H35BrN2O7S2/c1-4-17-39-26(35)19-40-28-27(32)29(42-30(28)31(36)41-21(2)3)23-11-8-12-25(18-23)33-24-13-15-34(16-14-24)43(37,38)20-22-9-6-5-7-10-22/h4-12,18,21,24,33H,1,13-17,19-20H2,2-3H3. The van der Waals surface area contributed by atoms with Crippen LogP contribution in [0.5, 0.6) is 5.75 Å². The molecule has 0 aliphatic carbocycles. The summed E-state index contributed by atoms with van der Waals surface area (Å²) in [7, 11) is -3.39. The van der Waals surface area contributed by atoms with E-state index in [1.807, 2.05) is 54.6 Å². The van der Waals surface area contributed by atoms with Gasteiger partial charge in [-0.1, -0.05) is 55.1 Å². The molecular formula is C31H35BrN2O7S2. The molecule has 3 aromatic rings. The summed E-state index contributed by atoms with van der Waals surface area (Å²) in [4.78, 5) is 25.9. The van der Waals surface area contributed by atoms with E-state index >= 15 is 0 Å². The lowest BCUT2D eigenvalue weighted by atomic mass is 10.1. The Kier molecular flexibility index (Phi) is 11.4. The van der Waals surface area contributed by atoms with Crippen LogP contribution in [0.15, 0.2) is 71.7 Å². The molecule has 1 fully saturated rings. The van der Waals surface area contributed by atoms with Crippen LogP contribution in [0.2, 0.25) is 0 Å². The Balaban J connectivity index is 1.46. The van der Waals surface area contributed by atoms with Gasteiger partial charge in [0.25, 0.3) is 0 Å². The monoisotopic (exact) mass is 690 g/mol. The number of sulfonamides is 1. The summed E-state index contributed by atoms with van der Waals surface area (Å²) in [6.45, 7) is 7.60. The lowest BCUT2D eigenvalue weighted by Crippen LogP contribution is -2.42. The second-order valence-corrected chi connectivity index (χ2v) is 14.0. The van der Waals surface area contributed by atoms with Gasteiger partial charge >= 0.3 is 11.9 Å². The fraction of sp³-hybridized carbons (Fsp3) is 0.355. The average molecular weight is 692 g/mol. The molecule has 43 heavy (non-hydrogen) atoms. The third-order valence-electron chi connectivity index (χ3n) is 6.57. The van der Waals surface area contributed by atoms with Gasteiger partial charge < -0.3 is 19.5 Å². The number of halogens is 1. The molecule has 0 amide bonds. The number of carbonyl (C=O) groups is 2. The number of hydrogen-bond acceptors (Lipinski definition) is 9. The van der Waals surface area contributed by atoms with Crippen molar-refractivity contribution in [1.82, 2.24) is 4.31 Å². The molecule has 0 atom stereocenters. The molecule has 0 radical (unpaired) electrons. The number of carbonyl (C=O) groups excluding carboxylic acids is 2. The first-order chi connectivity index (χ1) is 20.6. The van der Waals surface area contributed by atoms with Gasteiger partial charge in [0.2, 0.25) is 10.0 Å². The molecule has 230 valence electrons. The quantitative estimate of drug-likeness (QED) is 0.165. The van der Waals surface area contributed by atoms with Crippen LogP contribution in [0.4, 0.5) is 5.69 Å². The second-order valence-electron chi connectivity index (χ2n) is 10.3. The summed E-state index contributed by atoms with van der Waals surface area (Å²) < 4.78 is 44.2. The molecule has 1 aliphatic rings. The maximum Gasteiger partial charge on any atom is 0.352 e. The molecule has 2 heterocycles. The van der Waals surface area contributed by atoms with Gasteiger partial charge in [-0.15, -0.1) is 11.3 Å². The van der Waals surface area contributed by atoms with Crippen LogP contribution in [0.1, 0.15) is 41.9 Å². The van der Waals surface area contributed by atoms with Gasteiger partial charge in [0, 0.05) is 24.8 Å². The van der Waals surface area contributed by atoms with Gasteiger partial charge in [0.15, 0.2) is 17.2 Å². The highest BCUT2D eigenvalue weighted by molar-refractivity contribution is 9.10. The topological polar surface area (TPSA) is 111 Å². The highest BCUT2D eigenvalue weighted by Crippen LogP contribution is 2.46. The number of rotatable bonds is 13. The Morgan fingerprint density at radius 1 is 1.14 bits per heavy atom. The van der Waals surface area contributed by atoms with Crippen molar-refractivity contribution >= 4 is 54.9 Å². The molecule has 0 bridgehead atoms. The Morgan fingerprint density at radius 3 is 2.53 bits per heavy atom. The van der Waals surface area contributed by atoms with Crippen molar-refractivity contribution < 1.29 is 32.2 Å². The van der Waals surface area contributed by atoms with Crippen molar-refractivity contribution in [1.29, 1.82) is 0 Å². The molecule has 9 nitrogen and oxygen atoms in total. The first-order valence-corrected chi connectivity index (χ1v) is 17.1. The molecule has 4 rings (SSSR count). The van der Waals surface area contributed by atoms with Crippen LogP contribution in [-0.4, -0.2) is 63.1 Å². The van der Waals surface area contributed by atoms with E-state index in [1.54, 1.807) is 18.2 Å². The molecule has 1 aromatic heterocycles. The van der Waals surface area contributed by atoms with Gasteiger partial charge in [-0.3, -0.25) is 0 Å². The van der Waals surface area contributed by atoms with Gasteiger partial charge in [-0.2, -0.15) is 0 Å². The van der Waals surface area contributed by atoms with Crippen molar-refractivity contribution in [2.24, 2.45) is 0 Å². The lowest BCUT2D eigenvalue weighted by molar-refractivity contribution is -0.144. The Labute approximate surface area is 265 Å². The molecule has 0 unspecified atom stereocenters. The van der Waals surface area contributed by atoms with E-state index < -0.39 is 22.0 Å². The predicted octanol–water partition coefficient (Wildman–Crippen LogP) is 6.26. The molecule has 1 saturated heterocycles. The van der Waals surface area contributed by atoms with E-state index in [9.17, 15) is 18.0 Å². The number of hydrogen-bond donors (Lipinski definition) is 1. The summed E-state index contributed by atoms with van der Waals surface area (Å²) in [5, 5.41) is 3.54. The third kappa shape index (κ3) is 8.91. The van der Waals surface area contributed by atoms with Crippen molar-refractivity contribution in [3.05, 3.63) is 82.2 Å². The van der Waals surface area contributed by atoms with E-state index in [4.69, 9.17) is 14.2 Å². The van der Waals surface area contributed by atoms with E-state index in [1.165, 1.54) is 17.4 Å². The van der Waals surface area contributed by atoms with Crippen LogP contribution in [0.3, 0.4) is 0 Å². The van der Waals surface area contributed by atoms with Crippen LogP contribution in [-0.2, 0) is 30.0 Å². The smallest absolute Gasteiger partial charge is 0.352 e. The number of piperidine rings is 1. The zero-order valence-corrected chi connectivity index (χ0v) is 27.3. The molecule has 0 spiro atoms. The first-order valence-electron chi connectivity index (χ1n) is 13.9. The number of ether oxygens (including phenoxy) is 3. The highest BCUT2D eigenvalue weighted by Gasteiger charge is 2.29. The second kappa shape index (κ2) is 15.0. The molecular weight excluding hydrogens is 656 g/mol. The van der Waals surface area contributed by atoms with E-state index in [0.29, 0.717) is 30.4 Å². The molecule has 1 N–H and O–H groups in total. The predicted molar refractivity (Wildman–Crippen MR) is 172 cm³/mol. The normalized spacial score (nSPS) is 14.3. The lowest BCUT2D eigenvalue weighted by Gasteiger charge is -2.32. The number of benzene rings is 2. The number of esters is 2. The number of nitrogens with one attached hydrogen (secondary N) is 1. The highest BCUT2D eigenvalue weighted by atomic mass is 79.9. The molecule has 1 aliphatic heterocycles. The molecule has 2 aromatic carbocycles. The maximum absolute atomic E-state index is 12.9. The summed E-state index contributed by atoms with van der Waals surface area (Å²) in [6.07, 6.45) is 2.47. The first kappa shape index (κ1) is 32.7.